The number of dihydropyridines is 1. The Hall–Kier alpha value is -5.15. The fourth-order valence-electron chi connectivity index (χ4n) is 10.1. The van der Waals surface area contributed by atoms with Crippen LogP contribution in [-0.4, -0.2) is 69.4 Å². The van der Waals surface area contributed by atoms with Crippen LogP contribution >= 0.6 is 0 Å². The largest absolute Gasteiger partial charge is 0.508 e. The lowest BCUT2D eigenvalue weighted by atomic mass is 9.65. The number of carbonyl (C=O) groups excluding carboxylic acids is 1. The Bertz CT molecular complexity index is 2210. The summed E-state index contributed by atoms with van der Waals surface area (Å²) in [5.41, 5.74) is 16.2. The Labute approximate surface area is 335 Å². The molecule has 1 unspecified atom stereocenters. The molecule has 57 heavy (non-hydrogen) atoms. The molecule has 3 heterocycles. The maximum atomic E-state index is 12.4. The van der Waals surface area contributed by atoms with Gasteiger partial charge in [-0.1, -0.05) is 31.1 Å². The van der Waals surface area contributed by atoms with Crippen molar-refractivity contribution in [2.24, 2.45) is 11.7 Å². The van der Waals surface area contributed by atoms with Gasteiger partial charge in [0.15, 0.2) is 11.5 Å². The fourth-order valence-corrected chi connectivity index (χ4v) is 10.1. The summed E-state index contributed by atoms with van der Waals surface area (Å²) in [6.07, 6.45) is 6.60. The average molecular weight is 775 g/mol. The molecule has 1 fully saturated rings. The van der Waals surface area contributed by atoms with Crippen molar-refractivity contribution in [1.29, 1.82) is 0 Å². The molecule has 0 radical (unpaired) electrons. The monoisotopic (exact) mass is 774 g/mol. The molecule has 4 bridgehead atoms. The van der Waals surface area contributed by atoms with Crippen molar-refractivity contribution in [2.45, 2.75) is 88.5 Å². The van der Waals surface area contributed by atoms with Crippen LogP contribution in [0.1, 0.15) is 85.8 Å². The molecule has 8 rings (SSSR count). The van der Waals surface area contributed by atoms with Gasteiger partial charge in [0, 0.05) is 60.2 Å². The highest BCUT2D eigenvalue weighted by molar-refractivity contribution is 5.84. The predicted octanol–water partition coefficient (Wildman–Crippen LogP) is 5.76. The van der Waals surface area contributed by atoms with E-state index in [4.69, 9.17) is 24.7 Å². The van der Waals surface area contributed by atoms with E-state index in [2.05, 4.69) is 52.9 Å². The van der Waals surface area contributed by atoms with Crippen LogP contribution in [0.2, 0.25) is 0 Å². The van der Waals surface area contributed by atoms with E-state index in [1.165, 1.54) is 6.92 Å². The fraction of sp³-hybridized carbons (Fsp3) is 0.457. The van der Waals surface area contributed by atoms with E-state index in [-0.39, 0.29) is 47.7 Å². The van der Waals surface area contributed by atoms with E-state index in [0.29, 0.717) is 43.3 Å². The molecule has 11 heteroatoms. The maximum Gasteiger partial charge on any atom is 0.302 e. The highest BCUT2D eigenvalue weighted by Crippen LogP contribution is 2.62. The molecule has 3 aliphatic heterocycles. The summed E-state index contributed by atoms with van der Waals surface area (Å²) in [6.45, 7) is 4.77. The lowest BCUT2D eigenvalue weighted by molar-refractivity contribution is -0.141. The average Bonchev–Trinajstić information content (AvgIpc) is 3.75. The molecule has 5 atom stereocenters. The molecule has 3 aromatic rings. The molecule has 11 nitrogen and oxygen atoms in total. The van der Waals surface area contributed by atoms with Crippen LogP contribution < -0.4 is 35.9 Å². The van der Waals surface area contributed by atoms with Gasteiger partial charge in [-0.05, 0) is 110 Å². The summed E-state index contributed by atoms with van der Waals surface area (Å²) < 4.78 is 25.5. The van der Waals surface area contributed by atoms with Crippen LogP contribution in [0.4, 0.5) is 0 Å². The zero-order chi connectivity index (χ0) is 40.0. The maximum absolute atomic E-state index is 12.4. The zero-order valence-corrected chi connectivity index (χ0v) is 33.5. The minimum absolute atomic E-state index is 0.00607. The number of benzene rings is 3. The molecule has 1 spiro atoms. The Balaban J connectivity index is 1.37. The standard InChI is InChI=1S/C46H54N4O7/c1-6-27-15-29-14-26-12-13-46(20-26)21-30-16-31(52)18-40(54-5)41(30)34-11-10-33-36(24-55-25(2)51)43(57-44(33)42(34)46)35-19-39(56-32(22-48-3)23-49-4)38(53)17-28(35)8-7-9-37(29)50-45(27)47/h10-11,15-19,26,32,36,43,45,48-50,52-53H,6,8,12-14,20-24,47H2,1-5H3/t26-,36+,43-,45?,46-/m1/s1. The molecule has 0 saturated heterocycles. The third kappa shape index (κ3) is 7.09. The van der Waals surface area contributed by atoms with Crippen LogP contribution in [0.5, 0.6) is 28.7 Å². The number of likely N-dealkylation sites (N-methyl/N-ethyl adjacent to an activating group) is 2. The molecule has 2 aliphatic carbocycles. The summed E-state index contributed by atoms with van der Waals surface area (Å²) >= 11 is 0. The van der Waals surface area contributed by atoms with Gasteiger partial charge in [-0.2, -0.15) is 0 Å². The second kappa shape index (κ2) is 15.7. The Kier molecular flexibility index (Phi) is 10.6. The van der Waals surface area contributed by atoms with Gasteiger partial charge in [0.05, 0.1) is 24.9 Å². The van der Waals surface area contributed by atoms with Gasteiger partial charge in [-0.15, -0.1) is 0 Å². The van der Waals surface area contributed by atoms with Crippen molar-refractivity contribution in [2.75, 3.05) is 40.9 Å². The number of phenols is 2. The molecule has 3 aromatic carbocycles. The van der Waals surface area contributed by atoms with Gasteiger partial charge in [0.2, 0.25) is 0 Å². The van der Waals surface area contributed by atoms with E-state index in [1.807, 2.05) is 26.2 Å². The van der Waals surface area contributed by atoms with Crippen molar-refractivity contribution in [3.63, 3.8) is 0 Å². The number of hydrogen-bond donors (Lipinski definition) is 6. The summed E-state index contributed by atoms with van der Waals surface area (Å²) in [4.78, 5) is 12.4. The number of hydrogen-bond acceptors (Lipinski definition) is 11. The SMILES string of the molecule is CCC1=CC2=C(C#CCc3cc(O)c(OC(CNC)CNC)cc3[C@H]3Oc4c(ccc5c4[C@@]4(CC[C@H](C2)C4)Cc2cc(O)cc(OC)c2-5)[C@@H]3COC(C)=O)NC1N. The summed E-state index contributed by atoms with van der Waals surface area (Å²) in [7, 11) is 5.37. The van der Waals surface area contributed by atoms with Crippen molar-refractivity contribution in [1.82, 2.24) is 16.0 Å². The van der Waals surface area contributed by atoms with Gasteiger partial charge in [0.25, 0.3) is 0 Å². The van der Waals surface area contributed by atoms with Crippen molar-refractivity contribution in [3.05, 3.63) is 87.1 Å². The van der Waals surface area contributed by atoms with Crippen molar-refractivity contribution < 1.29 is 34.0 Å². The minimum Gasteiger partial charge on any atom is -0.508 e. The first-order valence-corrected chi connectivity index (χ1v) is 20.2. The highest BCUT2D eigenvalue weighted by Gasteiger charge is 2.51. The van der Waals surface area contributed by atoms with Crippen LogP contribution in [0.25, 0.3) is 11.1 Å². The molecular formula is C46H54N4O7. The first-order valence-electron chi connectivity index (χ1n) is 20.2. The van der Waals surface area contributed by atoms with E-state index in [9.17, 15) is 15.0 Å². The molecule has 5 aliphatic rings. The molecular weight excluding hydrogens is 721 g/mol. The number of aromatic hydroxyl groups is 2. The second-order valence-electron chi connectivity index (χ2n) is 16.3. The topological polar surface area (TPSA) is 157 Å². The number of ether oxygens (including phenoxy) is 4. The Morgan fingerprint density at radius 1 is 1.11 bits per heavy atom. The number of rotatable bonds is 10. The number of carbonyl (C=O) groups is 1. The highest BCUT2D eigenvalue weighted by atomic mass is 16.5. The predicted molar refractivity (Wildman–Crippen MR) is 219 cm³/mol. The van der Waals surface area contributed by atoms with Gasteiger partial charge in [0.1, 0.15) is 36.1 Å². The Morgan fingerprint density at radius 3 is 2.65 bits per heavy atom. The summed E-state index contributed by atoms with van der Waals surface area (Å²) in [6, 6.07) is 11.4. The quantitative estimate of drug-likeness (QED) is 0.110. The molecule has 300 valence electrons. The van der Waals surface area contributed by atoms with Crippen molar-refractivity contribution >= 4 is 5.97 Å². The first kappa shape index (κ1) is 38.7. The molecule has 7 N–H and O–H groups in total. The van der Waals surface area contributed by atoms with Gasteiger partial charge >= 0.3 is 5.97 Å². The number of phenolic OH excluding ortho intramolecular Hbond substituents is 2. The number of esters is 1. The zero-order valence-electron chi connectivity index (χ0n) is 33.5. The number of fused-ring (bicyclic) bond motifs is 6. The van der Waals surface area contributed by atoms with Crippen LogP contribution in [0.15, 0.2) is 59.3 Å². The van der Waals surface area contributed by atoms with E-state index < -0.39 is 6.10 Å². The van der Waals surface area contributed by atoms with E-state index >= 15 is 0 Å². The number of methoxy groups -OCH3 is 1. The number of nitrogens with one attached hydrogen (secondary N) is 3. The number of nitrogens with two attached hydrogens (primary N) is 1. The minimum atomic E-state index is -0.591. The van der Waals surface area contributed by atoms with E-state index in [0.717, 1.165) is 93.6 Å². The van der Waals surface area contributed by atoms with Crippen LogP contribution in [0, 0.1) is 17.8 Å². The van der Waals surface area contributed by atoms with Crippen molar-refractivity contribution in [3.8, 4) is 51.7 Å². The smallest absolute Gasteiger partial charge is 0.302 e. The first-order chi connectivity index (χ1) is 27.6. The van der Waals surface area contributed by atoms with Crippen LogP contribution in [0.3, 0.4) is 0 Å². The third-order valence-electron chi connectivity index (χ3n) is 12.6. The number of allylic oxidation sites excluding steroid dienone is 3. The lowest BCUT2D eigenvalue weighted by Gasteiger charge is -2.39. The molecule has 0 amide bonds. The van der Waals surface area contributed by atoms with Gasteiger partial charge in [-0.25, -0.2) is 0 Å². The normalized spacial score (nSPS) is 24.0. The summed E-state index contributed by atoms with van der Waals surface area (Å²) in [5.74, 6) is 8.43. The molecule has 0 aromatic heterocycles. The lowest BCUT2D eigenvalue weighted by Crippen LogP contribution is -2.41. The van der Waals surface area contributed by atoms with Gasteiger partial charge in [-0.3, -0.25) is 4.79 Å². The second-order valence-corrected chi connectivity index (χ2v) is 16.3. The van der Waals surface area contributed by atoms with E-state index in [1.54, 1.807) is 19.2 Å². The molecule has 1 saturated carbocycles. The third-order valence-corrected chi connectivity index (χ3v) is 12.6. The Morgan fingerprint density at radius 2 is 1.91 bits per heavy atom. The summed E-state index contributed by atoms with van der Waals surface area (Å²) in [5, 5.41) is 32.3. The van der Waals surface area contributed by atoms with Gasteiger partial charge < -0.3 is 50.8 Å². The van der Waals surface area contributed by atoms with Crippen LogP contribution in [-0.2, 0) is 27.8 Å².